The zero-order valence-electron chi connectivity index (χ0n) is 11.0. The van der Waals surface area contributed by atoms with Gasteiger partial charge in [-0.2, -0.15) is 0 Å². The van der Waals surface area contributed by atoms with E-state index in [9.17, 15) is 5.11 Å². The average molecular weight is 335 g/mol. The molecule has 1 N–H and O–H groups in total. The van der Waals surface area contributed by atoms with Crippen molar-refractivity contribution in [1.82, 2.24) is 0 Å². The van der Waals surface area contributed by atoms with Crippen LogP contribution in [0.4, 0.5) is 0 Å². The maximum atomic E-state index is 9.99. The van der Waals surface area contributed by atoms with Gasteiger partial charge in [0, 0.05) is 30.2 Å². The second kappa shape index (κ2) is 4.80. The number of benzene rings is 2. The third kappa shape index (κ3) is 1.96. The van der Waals surface area contributed by atoms with Gasteiger partial charge in [0.25, 0.3) is 0 Å². The van der Waals surface area contributed by atoms with Crippen LogP contribution in [-0.4, -0.2) is 5.11 Å². The molecule has 2 aromatic carbocycles. The fraction of sp³-hybridized carbons (Fsp3) is 0.250. The summed E-state index contributed by atoms with van der Waals surface area (Å²) in [5.74, 6) is 0.413. The van der Waals surface area contributed by atoms with E-state index in [2.05, 4.69) is 41.9 Å². The van der Waals surface area contributed by atoms with Crippen molar-refractivity contribution in [3.8, 4) is 5.75 Å². The lowest BCUT2D eigenvalue weighted by Gasteiger charge is -2.03. The highest BCUT2D eigenvalue weighted by Crippen LogP contribution is 2.41. The second-order valence-electron chi connectivity index (χ2n) is 4.69. The summed E-state index contributed by atoms with van der Waals surface area (Å²) in [7, 11) is 0. The quantitative estimate of drug-likeness (QED) is 0.642. The molecule has 0 aliphatic rings. The molecule has 0 saturated carbocycles. The smallest absolute Gasteiger partial charge is 0.120 e. The van der Waals surface area contributed by atoms with Gasteiger partial charge in [-0.3, -0.25) is 0 Å². The Morgan fingerprint density at radius 1 is 1.11 bits per heavy atom. The molecular weight excluding hydrogens is 320 g/mol. The summed E-state index contributed by atoms with van der Waals surface area (Å²) < 4.78 is 3.67. The number of phenolic OH excluding ortho intramolecular Hbond substituents is 1. The van der Waals surface area contributed by atoms with Gasteiger partial charge in [-0.1, -0.05) is 29.8 Å². The Bertz CT molecular complexity index is 773. The zero-order valence-corrected chi connectivity index (χ0v) is 13.4. The van der Waals surface area contributed by atoms with Crippen molar-refractivity contribution in [2.45, 2.75) is 26.7 Å². The third-order valence-corrected chi connectivity index (χ3v) is 5.59. The molecule has 0 spiro atoms. The number of rotatable bonds is 2. The van der Waals surface area contributed by atoms with Gasteiger partial charge in [0.15, 0.2) is 0 Å². The summed E-state index contributed by atoms with van der Waals surface area (Å²) in [5.41, 5.74) is 2.39. The van der Waals surface area contributed by atoms with E-state index < -0.39 is 0 Å². The molecule has 0 unspecified atom stereocenters. The molecule has 0 amide bonds. The Hall–Kier alpha value is -1.06. The second-order valence-corrected chi connectivity index (χ2v) is 6.60. The van der Waals surface area contributed by atoms with Crippen molar-refractivity contribution in [2.24, 2.45) is 0 Å². The largest absolute Gasteiger partial charge is 0.508 e. The summed E-state index contributed by atoms with van der Waals surface area (Å²) in [5, 5.41) is 12.5. The summed E-state index contributed by atoms with van der Waals surface area (Å²) in [6, 6.07) is 8.33. The van der Waals surface area contributed by atoms with Crippen LogP contribution in [0.5, 0.6) is 5.75 Å². The highest BCUT2D eigenvalue weighted by Gasteiger charge is 2.12. The number of hydrogen-bond acceptors (Lipinski definition) is 2. The Balaban J connectivity index is 2.45. The van der Waals surface area contributed by atoms with Gasteiger partial charge >= 0.3 is 0 Å². The molecule has 0 atom stereocenters. The SMILES string of the molecule is CCc1cc2c(cc1Br)sc1c(CC)c(O)ccc12. The molecule has 0 bridgehead atoms. The maximum absolute atomic E-state index is 9.99. The molecule has 0 fully saturated rings. The van der Waals surface area contributed by atoms with Crippen molar-refractivity contribution in [1.29, 1.82) is 0 Å². The van der Waals surface area contributed by atoms with Crippen LogP contribution in [-0.2, 0) is 12.8 Å². The Labute approximate surface area is 125 Å². The number of aromatic hydroxyl groups is 1. The lowest BCUT2D eigenvalue weighted by molar-refractivity contribution is 0.470. The molecule has 0 aliphatic carbocycles. The van der Waals surface area contributed by atoms with Crippen molar-refractivity contribution in [3.05, 3.63) is 39.9 Å². The first-order chi connectivity index (χ1) is 9.15. The minimum atomic E-state index is 0.413. The molecule has 3 aromatic rings. The van der Waals surface area contributed by atoms with E-state index in [-0.39, 0.29) is 0 Å². The Morgan fingerprint density at radius 3 is 2.58 bits per heavy atom. The minimum absolute atomic E-state index is 0.413. The molecule has 3 rings (SSSR count). The zero-order chi connectivity index (χ0) is 13.6. The van der Waals surface area contributed by atoms with E-state index in [1.807, 2.05) is 12.1 Å². The van der Waals surface area contributed by atoms with Crippen LogP contribution in [0.15, 0.2) is 28.7 Å². The summed E-state index contributed by atoms with van der Waals surface area (Å²) >= 11 is 5.41. The summed E-state index contributed by atoms with van der Waals surface area (Å²) in [6.07, 6.45) is 1.88. The fourth-order valence-electron chi connectivity index (χ4n) is 2.56. The van der Waals surface area contributed by atoms with E-state index in [1.54, 1.807) is 11.3 Å². The first kappa shape index (κ1) is 12.9. The molecule has 19 heavy (non-hydrogen) atoms. The number of hydrogen-bond donors (Lipinski definition) is 1. The van der Waals surface area contributed by atoms with E-state index >= 15 is 0 Å². The fourth-order valence-corrected chi connectivity index (χ4v) is 4.67. The Kier molecular flexibility index (Phi) is 3.27. The molecule has 1 aromatic heterocycles. The lowest BCUT2D eigenvalue weighted by Crippen LogP contribution is -1.82. The van der Waals surface area contributed by atoms with Crippen molar-refractivity contribution < 1.29 is 5.11 Å². The number of halogens is 1. The predicted octanol–water partition coefficient (Wildman–Crippen LogP) is 5.65. The maximum Gasteiger partial charge on any atom is 0.120 e. The van der Waals surface area contributed by atoms with Crippen LogP contribution in [0, 0.1) is 0 Å². The first-order valence-corrected chi connectivity index (χ1v) is 8.12. The average Bonchev–Trinajstić information content (AvgIpc) is 2.74. The molecular formula is C16H15BrOS. The molecule has 0 aliphatic heterocycles. The highest BCUT2D eigenvalue weighted by atomic mass is 79.9. The monoisotopic (exact) mass is 334 g/mol. The summed E-state index contributed by atoms with van der Waals surface area (Å²) in [6.45, 7) is 4.26. The van der Waals surface area contributed by atoms with E-state index in [0.717, 1.165) is 18.4 Å². The van der Waals surface area contributed by atoms with Crippen molar-refractivity contribution in [3.63, 3.8) is 0 Å². The normalized spacial score (nSPS) is 11.5. The van der Waals surface area contributed by atoms with Crippen molar-refractivity contribution in [2.75, 3.05) is 0 Å². The first-order valence-electron chi connectivity index (χ1n) is 6.51. The molecule has 1 nitrogen and oxygen atoms in total. The van der Waals surface area contributed by atoms with Crippen LogP contribution in [0.3, 0.4) is 0 Å². The van der Waals surface area contributed by atoms with E-state index in [4.69, 9.17) is 0 Å². The highest BCUT2D eigenvalue weighted by molar-refractivity contribution is 9.10. The molecule has 98 valence electrons. The summed E-state index contributed by atoms with van der Waals surface area (Å²) in [4.78, 5) is 0. The van der Waals surface area contributed by atoms with Gasteiger partial charge < -0.3 is 5.11 Å². The van der Waals surface area contributed by atoms with Crippen molar-refractivity contribution >= 4 is 47.4 Å². The van der Waals surface area contributed by atoms with Crippen LogP contribution in [0.1, 0.15) is 25.0 Å². The van der Waals surface area contributed by atoms with Gasteiger partial charge in [-0.05, 0) is 42.7 Å². The number of aryl methyl sites for hydroxylation is 2. The van der Waals surface area contributed by atoms with Crippen LogP contribution in [0.2, 0.25) is 0 Å². The molecule has 1 heterocycles. The minimum Gasteiger partial charge on any atom is -0.508 e. The van der Waals surface area contributed by atoms with Gasteiger partial charge in [-0.15, -0.1) is 11.3 Å². The predicted molar refractivity (Wildman–Crippen MR) is 87.5 cm³/mol. The van der Waals surface area contributed by atoms with E-state index in [0.29, 0.717) is 5.75 Å². The molecule has 3 heteroatoms. The van der Waals surface area contributed by atoms with E-state index in [1.165, 1.54) is 30.2 Å². The standard InChI is InChI=1S/C16H15BrOS/c1-3-9-7-12-11-5-6-14(18)10(4-2)16(11)19-15(12)8-13(9)17/h5-8,18H,3-4H2,1-2H3. The van der Waals surface area contributed by atoms with Crippen LogP contribution >= 0.6 is 27.3 Å². The van der Waals surface area contributed by atoms with Gasteiger partial charge in [0.05, 0.1) is 0 Å². The number of fused-ring (bicyclic) bond motifs is 3. The topological polar surface area (TPSA) is 20.2 Å². The van der Waals surface area contributed by atoms with Gasteiger partial charge in [0.2, 0.25) is 0 Å². The lowest BCUT2D eigenvalue weighted by atomic mass is 10.0. The van der Waals surface area contributed by atoms with Crippen LogP contribution in [0.25, 0.3) is 20.2 Å². The van der Waals surface area contributed by atoms with Gasteiger partial charge in [-0.25, -0.2) is 0 Å². The molecule has 0 radical (unpaired) electrons. The number of thiophene rings is 1. The third-order valence-electron chi connectivity index (χ3n) is 3.62. The number of phenols is 1. The Morgan fingerprint density at radius 2 is 1.89 bits per heavy atom. The van der Waals surface area contributed by atoms with Crippen LogP contribution < -0.4 is 0 Å². The molecule has 0 saturated heterocycles. The van der Waals surface area contributed by atoms with Gasteiger partial charge in [0.1, 0.15) is 5.75 Å².